The molecular weight excluding hydrogens is 354 g/mol. The molecule has 0 aromatic heterocycles. The van der Waals surface area contributed by atoms with Gasteiger partial charge in [-0.2, -0.15) is 0 Å². The maximum absolute atomic E-state index is 13.0. The van der Waals surface area contributed by atoms with Gasteiger partial charge < -0.3 is 19.4 Å². The zero-order chi connectivity index (χ0) is 20.6. The van der Waals surface area contributed by atoms with Crippen LogP contribution >= 0.6 is 0 Å². The van der Waals surface area contributed by atoms with E-state index < -0.39 is 5.60 Å². The number of hydrogen-bond acceptors (Lipinski definition) is 4. The molecule has 28 heavy (non-hydrogen) atoms. The van der Waals surface area contributed by atoms with Crippen LogP contribution in [0.25, 0.3) is 0 Å². The number of methoxy groups -OCH3 is 1. The van der Waals surface area contributed by atoms with E-state index in [1.165, 1.54) is 11.1 Å². The van der Waals surface area contributed by atoms with E-state index in [1.54, 1.807) is 7.11 Å². The molecule has 6 heteroatoms. The molecule has 0 saturated carbocycles. The lowest BCUT2D eigenvalue weighted by molar-refractivity contribution is -0.150. The molecule has 0 bridgehead atoms. The Morgan fingerprint density at radius 2 is 1.86 bits per heavy atom. The zero-order valence-corrected chi connectivity index (χ0v) is 17.9. The van der Waals surface area contributed by atoms with Crippen LogP contribution in [0.5, 0.6) is 0 Å². The summed E-state index contributed by atoms with van der Waals surface area (Å²) in [6.07, 6.45) is 0. The van der Waals surface area contributed by atoms with Gasteiger partial charge in [0.15, 0.2) is 0 Å². The van der Waals surface area contributed by atoms with E-state index in [1.807, 2.05) is 54.8 Å². The highest BCUT2D eigenvalue weighted by Crippen LogP contribution is 2.46. The third-order valence-corrected chi connectivity index (χ3v) is 6.26. The van der Waals surface area contributed by atoms with Crippen molar-refractivity contribution in [3.05, 3.63) is 35.4 Å². The number of likely N-dealkylation sites (N-methyl/N-ethyl adjacent to an activating group) is 1. The number of ether oxygens (including phenoxy) is 1. The Morgan fingerprint density at radius 1 is 1.18 bits per heavy atom. The zero-order valence-electron chi connectivity index (χ0n) is 17.9. The van der Waals surface area contributed by atoms with E-state index in [4.69, 9.17) is 4.74 Å². The molecule has 0 unspecified atom stereocenters. The maximum Gasteiger partial charge on any atom is 0.254 e. The van der Waals surface area contributed by atoms with E-state index in [9.17, 15) is 9.59 Å². The summed E-state index contributed by atoms with van der Waals surface area (Å²) in [5, 5.41) is 0. The second kappa shape index (κ2) is 7.84. The van der Waals surface area contributed by atoms with Gasteiger partial charge in [-0.1, -0.05) is 24.3 Å². The van der Waals surface area contributed by atoms with Crippen LogP contribution in [0.3, 0.4) is 0 Å². The Labute approximate surface area is 168 Å². The molecule has 0 aliphatic carbocycles. The molecule has 2 fully saturated rings. The fourth-order valence-corrected chi connectivity index (χ4v) is 4.61. The Kier molecular flexibility index (Phi) is 5.82. The molecule has 0 N–H and O–H groups in total. The smallest absolute Gasteiger partial charge is 0.254 e. The van der Waals surface area contributed by atoms with Crippen LogP contribution in [-0.2, 0) is 14.3 Å². The fraction of sp³-hybridized carbons (Fsp3) is 0.636. The van der Waals surface area contributed by atoms with Crippen molar-refractivity contribution in [2.24, 2.45) is 11.8 Å². The number of hydrogen-bond donors (Lipinski definition) is 0. The van der Waals surface area contributed by atoms with Crippen molar-refractivity contribution in [1.29, 1.82) is 0 Å². The topological polar surface area (TPSA) is 53.1 Å². The van der Waals surface area contributed by atoms with Gasteiger partial charge in [0.25, 0.3) is 5.91 Å². The molecule has 2 heterocycles. The summed E-state index contributed by atoms with van der Waals surface area (Å²) >= 11 is 0. The Morgan fingerprint density at radius 3 is 2.46 bits per heavy atom. The van der Waals surface area contributed by atoms with Crippen LogP contribution in [0.1, 0.15) is 31.0 Å². The minimum atomic E-state index is -0.822. The van der Waals surface area contributed by atoms with Gasteiger partial charge in [0, 0.05) is 38.6 Å². The number of rotatable bonds is 5. The molecule has 3 rings (SSSR count). The molecule has 3 atom stereocenters. The highest BCUT2D eigenvalue weighted by Gasteiger charge is 2.51. The minimum absolute atomic E-state index is 0.0158. The first-order chi connectivity index (χ1) is 13.2. The number of nitrogens with zero attached hydrogens (tertiary/aromatic N) is 3. The molecule has 0 spiro atoms. The van der Waals surface area contributed by atoms with Gasteiger partial charge in [0.05, 0.1) is 12.6 Å². The first kappa shape index (κ1) is 20.8. The van der Waals surface area contributed by atoms with Crippen molar-refractivity contribution < 1.29 is 14.3 Å². The summed E-state index contributed by atoms with van der Waals surface area (Å²) in [5.41, 5.74) is 1.57. The molecule has 2 saturated heterocycles. The highest BCUT2D eigenvalue weighted by molar-refractivity contribution is 5.85. The maximum atomic E-state index is 13.0. The standard InChI is InChI=1S/C22H33N3O3/c1-15-9-7-8-10-17(15)20-18-13-24(21(27)22(2,3)28-6)11-16(18)12-25(20)19(26)14-23(4)5/h7-10,16,18,20H,11-14H2,1-6H3/t16-,18-,20+/m1/s1. The predicted octanol–water partition coefficient (Wildman–Crippen LogP) is 1.94. The van der Waals surface area contributed by atoms with Crippen LogP contribution in [0.15, 0.2) is 24.3 Å². The summed E-state index contributed by atoms with van der Waals surface area (Å²) in [7, 11) is 5.42. The summed E-state index contributed by atoms with van der Waals surface area (Å²) < 4.78 is 5.41. The minimum Gasteiger partial charge on any atom is -0.369 e. The number of benzene rings is 1. The average Bonchev–Trinajstić information content (AvgIpc) is 3.19. The van der Waals surface area contributed by atoms with Crippen molar-refractivity contribution in [2.75, 3.05) is 47.4 Å². The van der Waals surface area contributed by atoms with E-state index in [0.29, 0.717) is 32.1 Å². The third kappa shape index (κ3) is 3.80. The second-order valence-corrected chi connectivity index (χ2v) is 8.93. The van der Waals surface area contributed by atoms with E-state index >= 15 is 0 Å². The molecule has 1 aromatic rings. The van der Waals surface area contributed by atoms with Gasteiger partial charge in [-0.05, 0) is 46.0 Å². The van der Waals surface area contributed by atoms with Crippen molar-refractivity contribution in [2.45, 2.75) is 32.4 Å². The van der Waals surface area contributed by atoms with Crippen molar-refractivity contribution >= 4 is 11.8 Å². The van der Waals surface area contributed by atoms with Crippen LogP contribution in [0.4, 0.5) is 0 Å². The summed E-state index contributed by atoms with van der Waals surface area (Å²) in [4.78, 5) is 31.8. The Bertz CT molecular complexity index is 746. The number of amides is 2. The molecule has 6 nitrogen and oxygen atoms in total. The van der Waals surface area contributed by atoms with E-state index in [2.05, 4.69) is 19.1 Å². The van der Waals surface area contributed by atoms with Gasteiger partial charge in [-0.3, -0.25) is 9.59 Å². The fourth-order valence-electron chi connectivity index (χ4n) is 4.61. The number of carbonyl (C=O) groups excluding carboxylic acids is 2. The molecule has 1 aromatic carbocycles. The van der Waals surface area contributed by atoms with Crippen LogP contribution in [0.2, 0.25) is 0 Å². The van der Waals surface area contributed by atoms with Gasteiger partial charge >= 0.3 is 0 Å². The van der Waals surface area contributed by atoms with Crippen molar-refractivity contribution in [1.82, 2.24) is 14.7 Å². The highest BCUT2D eigenvalue weighted by atomic mass is 16.5. The third-order valence-electron chi connectivity index (χ3n) is 6.26. The van der Waals surface area contributed by atoms with Gasteiger partial charge in [0.1, 0.15) is 5.60 Å². The van der Waals surface area contributed by atoms with E-state index in [0.717, 1.165) is 0 Å². The van der Waals surface area contributed by atoms with Crippen molar-refractivity contribution in [3.8, 4) is 0 Å². The number of likely N-dealkylation sites (tertiary alicyclic amines) is 2. The SMILES string of the molecule is COC(C)(C)C(=O)N1C[C@@H]2CN(C(=O)CN(C)C)[C@@H](c3ccccc3C)[C@@H]2C1. The molecule has 2 aliphatic rings. The molecule has 2 amide bonds. The van der Waals surface area contributed by atoms with Crippen LogP contribution in [-0.4, -0.2) is 79.5 Å². The first-order valence-corrected chi connectivity index (χ1v) is 10.00. The van der Waals surface area contributed by atoms with Crippen LogP contribution in [0, 0.1) is 18.8 Å². The van der Waals surface area contributed by atoms with Gasteiger partial charge in [0.2, 0.25) is 5.91 Å². The normalized spacial score (nSPS) is 24.8. The molecule has 154 valence electrons. The first-order valence-electron chi connectivity index (χ1n) is 10.00. The molecular formula is C22H33N3O3. The lowest BCUT2D eigenvalue weighted by atomic mass is 9.87. The lowest BCUT2D eigenvalue weighted by Gasteiger charge is -2.33. The number of fused-ring (bicyclic) bond motifs is 1. The molecule has 0 radical (unpaired) electrons. The Hall–Kier alpha value is -1.92. The number of aryl methyl sites for hydroxylation is 1. The second-order valence-electron chi connectivity index (χ2n) is 8.93. The predicted molar refractivity (Wildman–Crippen MR) is 109 cm³/mol. The largest absolute Gasteiger partial charge is 0.369 e. The number of carbonyl (C=O) groups is 2. The summed E-state index contributed by atoms with van der Waals surface area (Å²) in [6, 6.07) is 8.31. The Balaban J connectivity index is 1.89. The van der Waals surface area contributed by atoms with E-state index in [-0.39, 0.29) is 23.8 Å². The van der Waals surface area contributed by atoms with Crippen LogP contribution < -0.4 is 0 Å². The summed E-state index contributed by atoms with van der Waals surface area (Å²) in [5.74, 6) is 0.734. The average molecular weight is 388 g/mol. The monoisotopic (exact) mass is 387 g/mol. The van der Waals surface area contributed by atoms with Gasteiger partial charge in [-0.25, -0.2) is 0 Å². The molecule has 2 aliphatic heterocycles. The lowest BCUT2D eigenvalue weighted by Crippen LogP contribution is -2.47. The van der Waals surface area contributed by atoms with Crippen molar-refractivity contribution in [3.63, 3.8) is 0 Å². The van der Waals surface area contributed by atoms with Gasteiger partial charge in [-0.15, -0.1) is 0 Å². The quantitative estimate of drug-likeness (QED) is 0.775. The summed E-state index contributed by atoms with van der Waals surface area (Å²) in [6.45, 7) is 8.19.